The van der Waals surface area contributed by atoms with Crippen molar-refractivity contribution in [3.63, 3.8) is 0 Å². The summed E-state index contributed by atoms with van der Waals surface area (Å²) < 4.78 is 27.8. The van der Waals surface area contributed by atoms with Crippen molar-refractivity contribution in [2.45, 2.75) is 37.9 Å². The monoisotopic (exact) mass is 405 g/mol. The molecule has 5 atom stereocenters. The van der Waals surface area contributed by atoms with Gasteiger partial charge in [-0.25, -0.2) is 8.78 Å². The van der Waals surface area contributed by atoms with Gasteiger partial charge in [0.15, 0.2) is 0 Å². The van der Waals surface area contributed by atoms with Crippen LogP contribution in [0.3, 0.4) is 0 Å². The Morgan fingerprint density at radius 2 is 1.83 bits per heavy atom. The van der Waals surface area contributed by atoms with Crippen molar-refractivity contribution in [1.29, 1.82) is 10.5 Å². The molecule has 4 rings (SSSR count). The van der Waals surface area contributed by atoms with Gasteiger partial charge in [-0.2, -0.15) is 10.5 Å². The number of hydrogen-bond donors (Lipinski definition) is 1. The van der Waals surface area contributed by atoms with E-state index in [9.17, 15) is 18.8 Å². The lowest BCUT2D eigenvalue weighted by Crippen LogP contribution is -2.42. The second-order valence-corrected chi connectivity index (χ2v) is 8.26. The van der Waals surface area contributed by atoms with Crippen LogP contribution in [0.25, 0.3) is 11.1 Å². The Labute approximate surface area is 174 Å². The van der Waals surface area contributed by atoms with Gasteiger partial charge in [-0.3, -0.25) is 4.79 Å². The zero-order valence-electron chi connectivity index (χ0n) is 16.3. The molecular formula is C24H21F2N3O. The number of alkyl halides is 1. The number of halogens is 2. The van der Waals surface area contributed by atoms with Gasteiger partial charge in [0.25, 0.3) is 0 Å². The first-order valence-corrected chi connectivity index (χ1v) is 10.1. The number of amides is 1. The first kappa shape index (κ1) is 20.0. The first-order chi connectivity index (χ1) is 14.5. The number of hydrogen-bond acceptors (Lipinski definition) is 3. The quantitative estimate of drug-likeness (QED) is 0.806. The highest BCUT2D eigenvalue weighted by Crippen LogP contribution is 2.49. The van der Waals surface area contributed by atoms with Gasteiger partial charge in [0, 0.05) is 18.3 Å². The number of rotatable bonds is 5. The second kappa shape index (κ2) is 8.24. The van der Waals surface area contributed by atoms with Gasteiger partial charge in [-0.05, 0) is 54.0 Å². The van der Waals surface area contributed by atoms with Crippen molar-refractivity contribution in [2.75, 3.05) is 0 Å². The highest BCUT2D eigenvalue weighted by Gasteiger charge is 2.49. The fourth-order valence-electron chi connectivity index (χ4n) is 4.83. The van der Waals surface area contributed by atoms with Gasteiger partial charge in [0.05, 0.1) is 11.6 Å². The molecule has 0 unspecified atom stereocenters. The van der Waals surface area contributed by atoms with E-state index in [0.717, 1.165) is 17.5 Å². The summed E-state index contributed by atoms with van der Waals surface area (Å²) in [5.41, 5.74) is 2.30. The first-order valence-electron chi connectivity index (χ1n) is 10.1. The van der Waals surface area contributed by atoms with Crippen LogP contribution in [0.4, 0.5) is 8.78 Å². The lowest BCUT2D eigenvalue weighted by Gasteiger charge is -2.25. The van der Waals surface area contributed by atoms with Crippen molar-refractivity contribution in [2.24, 2.45) is 17.8 Å². The molecule has 4 nitrogen and oxygen atoms in total. The maximum Gasteiger partial charge on any atom is 0.224 e. The molecule has 1 N–H and O–H groups in total. The van der Waals surface area contributed by atoms with E-state index in [-0.39, 0.29) is 23.3 Å². The Balaban J connectivity index is 1.39. The van der Waals surface area contributed by atoms with E-state index in [2.05, 4.69) is 11.4 Å². The van der Waals surface area contributed by atoms with Crippen LogP contribution in [0.5, 0.6) is 0 Å². The Morgan fingerprint density at radius 3 is 2.43 bits per heavy atom. The maximum atomic E-state index is 14.0. The Bertz CT molecular complexity index is 1040. The molecule has 2 bridgehead atoms. The predicted molar refractivity (Wildman–Crippen MR) is 107 cm³/mol. The summed E-state index contributed by atoms with van der Waals surface area (Å²) in [6.45, 7) is 0. The number of carbonyl (C=O) groups excluding carboxylic acids is 1. The molecule has 2 saturated carbocycles. The van der Waals surface area contributed by atoms with Crippen LogP contribution < -0.4 is 5.32 Å². The zero-order chi connectivity index (χ0) is 21.3. The molecule has 0 radical (unpaired) electrons. The van der Waals surface area contributed by atoms with Crippen LogP contribution in [-0.4, -0.2) is 18.1 Å². The van der Waals surface area contributed by atoms with E-state index in [1.807, 2.05) is 24.3 Å². The lowest BCUT2D eigenvalue weighted by molar-refractivity contribution is -0.127. The third-order valence-corrected chi connectivity index (χ3v) is 6.36. The van der Waals surface area contributed by atoms with Crippen molar-refractivity contribution in [1.82, 2.24) is 5.32 Å². The largest absolute Gasteiger partial charge is 0.340 e. The van der Waals surface area contributed by atoms with Gasteiger partial charge in [0.1, 0.15) is 24.1 Å². The van der Waals surface area contributed by atoms with Gasteiger partial charge >= 0.3 is 0 Å². The summed E-state index contributed by atoms with van der Waals surface area (Å²) in [4.78, 5) is 12.6. The molecule has 152 valence electrons. The molecule has 2 fully saturated rings. The number of nitrogens with one attached hydrogen (secondary N) is 1. The Kier molecular flexibility index (Phi) is 5.50. The third kappa shape index (κ3) is 3.91. The predicted octanol–water partition coefficient (Wildman–Crippen LogP) is 4.30. The summed E-state index contributed by atoms with van der Waals surface area (Å²) in [7, 11) is 0. The normalized spacial score (nSPS) is 25.3. The topological polar surface area (TPSA) is 76.7 Å². The molecule has 0 aliphatic heterocycles. The Hall–Kier alpha value is -3.25. The molecule has 2 aliphatic rings. The van der Waals surface area contributed by atoms with Gasteiger partial charge in [-0.15, -0.1) is 0 Å². The number of benzene rings is 2. The van der Waals surface area contributed by atoms with Crippen LogP contribution in [-0.2, 0) is 11.2 Å². The number of nitrogens with zero attached hydrogens (tertiary/aromatic N) is 2. The molecule has 30 heavy (non-hydrogen) atoms. The van der Waals surface area contributed by atoms with E-state index >= 15 is 0 Å². The fraction of sp³-hybridized carbons (Fsp3) is 0.375. The van der Waals surface area contributed by atoms with Gasteiger partial charge in [0.2, 0.25) is 5.91 Å². The smallest absolute Gasteiger partial charge is 0.224 e. The van der Waals surface area contributed by atoms with Crippen LogP contribution >= 0.6 is 0 Å². The molecule has 0 heterocycles. The van der Waals surface area contributed by atoms with Crippen molar-refractivity contribution in [3.8, 4) is 23.3 Å². The molecule has 0 saturated heterocycles. The average molecular weight is 405 g/mol. The number of fused-ring (bicyclic) bond motifs is 2. The summed E-state index contributed by atoms with van der Waals surface area (Å²) >= 11 is 0. The van der Waals surface area contributed by atoms with Crippen LogP contribution in [0.2, 0.25) is 0 Å². The highest BCUT2D eigenvalue weighted by molar-refractivity contribution is 5.80. The van der Waals surface area contributed by atoms with E-state index in [0.29, 0.717) is 30.7 Å². The highest BCUT2D eigenvalue weighted by atomic mass is 19.1. The number of nitriles is 2. The molecular weight excluding hydrogens is 384 g/mol. The summed E-state index contributed by atoms with van der Waals surface area (Å²) in [6.07, 6.45) is 1.48. The van der Waals surface area contributed by atoms with Crippen molar-refractivity contribution >= 4 is 5.91 Å². The molecule has 2 aliphatic carbocycles. The van der Waals surface area contributed by atoms with E-state index in [1.165, 1.54) is 12.1 Å². The standard InChI is InChI=1S/C24H21F2N3O/c25-22-11-17(5-6-18(22)12-27)16-3-1-14(2-4-16)7-19(13-28)29-24(30)21-9-15-8-20(21)23(26)10-15/h1-6,11,15,19-21,23H,7-10H2,(H,29,30)/t15-,19+,20+,21+,23+/m1/s1. The molecule has 2 aromatic carbocycles. The molecule has 0 spiro atoms. The summed E-state index contributed by atoms with van der Waals surface area (Å²) in [6, 6.07) is 15.0. The van der Waals surface area contributed by atoms with E-state index in [4.69, 9.17) is 5.26 Å². The average Bonchev–Trinajstić information content (AvgIpc) is 3.33. The van der Waals surface area contributed by atoms with Crippen molar-refractivity contribution < 1.29 is 13.6 Å². The molecule has 2 aromatic rings. The van der Waals surface area contributed by atoms with Gasteiger partial charge < -0.3 is 5.32 Å². The minimum Gasteiger partial charge on any atom is -0.340 e. The SMILES string of the molecule is N#Cc1ccc(-c2ccc(C[C@@H](C#N)NC(=O)[C@H]3C[C@H]4C[C@@H]3[C@@H](F)C4)cc2)cc1F. The minimum absolute atomic E-state index is 0.00228. The Morgan fingerprint density at radius 1 is 1.10 bits per heavy atom. The van der Waals surface area contributed by atoms with Crippen LogP contribution in [0.15, 0.2) is 42.5 Å². The van der Waals surface area contributed by atoms with Crippen LogP contribution in [0.1, 0.15) is 30.4 Å². The van der Waals surface area contributed by atoms with E-state index in [1.54, 1.807) is 12.1 Å². The lowest BCUT2D eigenvalue weighted by atomic mass is 9.86. The van der Waals surface area contributed by atoms with Gasteiger partial charge in [-0.1, -0.05) is 30.3 Å². The summed E-state index contributed by atoms with van der Waals surface area (Å²) in [5.74, 6) is -1.03. The molecule has 0 aromatic heterocycles. The molecule has 1 amide bonds. The second-order valence-electron chi connectivity index (χ2n) is 8.26. The summed E-state index contributed by atoms with van der Waals surface area (Å²) in [5, 5.41) is 21.1. The number of carbonyl (C=O) groups is 1. The zero-order valence-corrected chi connectivity index (χ0v) is 16.3. The minimum atomic E-state index is -0.903. The van der Waals surface area contributed by atoms with Crippen LogP contribution in [0, 0.1) is 46.2 Å². The molecule has 6 heteroatoms. The fourth-order valence-corrected chi connectivity index (χ4v) is 4.83. The maximum absolute atomic E-state index is 14.0. The van der Waals surface area contributed by atoms with Crippen molar-refractivity contribution in [3.05, 3.63) is 59.4 Å². The third-order valence-electron chi connectivity index (χ3n) is 6.36. The van der Waals surface area contributed by atoms with E-state index < -0.39 is 18.0 Å².